The zero-order valence-electron chi connectivity index (χ0n) is 9.53. The lowest BCUT2D eigenvalue weighted by Gasteiger charge is -2.10. The summed E-state index contributed by atoms with van der Waals surface area (Å²) in [7, 11) is 0. The van der Waals surface area contributed by atoms with Crippen LogP contribution in [-0.4, -0.2) is 48.5 Å². The molecule has 0 N–H and O–H groups in total. The summed E-state index contributed by atoms with van der Waals surface area (Å²) in [5.74, 6) is 0. The first-order valence-electron chi connectivity index (χ1n) is 5.12. The van der Waals surface area contributed by atoms with Gasteiger partial charge in [-0.1, -0.05) is 63.7 Å². The van der Waals surface area contributed by atoms with Crippen LogP contribution in [0.15, 0.2) is 0 Å². The summed E-state index contributed by atoms with van der Waals surface area (Å²) in [6.07, 6.45) is 0. The Hall–Kier alpha value is 0.820. The van der Waals surface area contributed by atoms with E-state index in [1.54, 1.807) is 0 Å². The Labute approximate surface area is 149 Å². The van der Waals surface area contributed by atoms with E-state index < -0.39 is 0 Å². The van der Waals surface area contributed by atoms with Crippen LogP contribution in [0.2, 0.25) is 5.28 Å². The monoisotopic (exact) mass is 543 g/mol. The summed E-state index contributed by atoms with van der Waals surface area (Å²) in [6.45, 7) is 0.820. The summed E-state index contributed by atoms with van der Waals surface area (Å²) >= 11 is 19.3. The summed E-state index contributed by atoms with van der Waals surface area (Å²) in [5.41, 5.74) is 0. The number of halogens is 5. The number of aromatic nitrogens is 3. The topological polar surface area (TPSA) is 57.1 Å². The van der Waals surface area contributed by atoms with Gasteiger partial charge in [0.15, 0.2) is 0 Å². The molecular weight excluding hydrogens is 537 g/mol. The summed E-state index contributed by atoms with van der Waals surface area (Å²) in [4.78, 5) is 12.1. The van der Waals surface area contributed by atoms with Crippen LogP contribution in [0.1, 0.15) is 0 Å². The Morgan fingerprint density at radius 2 is 1.32 bits per heavy atom. The van der Waals surface area contributed by atoms with Gasteiger partial charge in [-0.05, 0) is 11.6 Å². The Balaban J connectivity index is 2.60. The standard InChI is InChI=1S/C9H10Br4ClN3O2/c10-1-5(12)3-18-8-15-7(14)16-9(17-8)19-4-6(13)2-11/h5-6H,1-4H2. The fraction of sp³-hybridized carbons (Fsp3) is 0.667. The lowest BCUT2D eigenvalue weighted by Crippen LogP contribution is -2.16. The molecule has 0 saturated carbocycles. The molecular formula is C9H10Br4ClN3O2. The number of rotatable bonds is 8. The number of ether oxygens (including phenoxy) is 2. The van der Waals surface area contributed by atoms with Gasteiger partial charge in [-0.2, -0.15) is 9.97 Å². The van der Waals surface area contributed by atoms with Gasteiger partial charge in [0.05, 0.1) is 9.65 Å². The van der Waals surface area contributed by atoms with Crippen molar-refractivity contribution in [3.63, 3.8) is 0 Å². The SMILES string of the molecule is Clc1nc(OCC(Br)CBr)nc(OCC(Br)CBr)n1. The van der Waals surface area contributed by atoms with E-state index in [1.807, 2.05) is 0 Å². The van der Waals surface area contributed by atoms with Crippen molar-refractivity contribution < 1.29 is 9.47 Å². The first-order chi connectivity index (χ1) is 9.05. The van der Waals surface area contributed by atoms with Crippen LogP contribution in [0.25, 0.3) is 0 Å². The fourth-order valence-corrected chi connectivity index (χ4v) is 1.65. The van der Waals surface area contributed by atoms with Gasteiger partial charge in [0.25, 0.3) is 0 Å². The highest BCUT2D eigenvalue weighted by molar-refractivity contribution is 9.12. The molecule has 1 heterocycles. The van der Waals surface area contributed by atoms with Gasteiger partial charge in [0, 0.05) is 10.7 Å². The molecule has 2 unspecified atom stereocenters. The third kappa shape index (κ3) is 7.40. The molecule has 1 rings (SSSR count). The average Bonchev–Trinajstić information content (AvgIpc) is 2.41. The first kappa shape index (κ1) is 17.9. The van der Waals surface area contributed by atoms with E-state index in [2.05, 4.69) is 78.7 Å². The van der Waals surface area contributed by atoms with Gasteiger partial charge in [0.1, 0.15) is 13.2 Å². The van der Waals surface area contributed by atoms with Gasteiger partial charge in [-0.15, -0.1) is 4.98 Å². The predicted molar refractivity (Wildman–Crippen MR) is 88.8 cm³/mol. The van der Waals surface area contributed by atoms with Crippen LogP contribution < -0.4 is 9.47 Å². The molecule has 1 aromatic rings. The van der Waals surface area contributed by atoms with Gasteiger partial charge in [-0.25, -0.2) is 0 Å². The molecule has 0 saturated heterocycles. The lowest BCUT2D eigenvalue weighted by molar-refractivity contribution is 0.268. The van der Waals surface area contributed by atoms with E-state index in [-0.39, 0.29) is 27.0 Å². The molecule has 2 atom stereocenters. The summed E-state index contributed by atoms with van der Waals surface area (Å²) in [6, 6.07) is 0.288. The predicted octanol–water partition coefficient (Wildman–Crippen LogP) is 3.60. The first-order valence-corrected chi connectivity index (χ1v) is 9.57. The molecule has 0 aliphatic rings. The van der Waals surface area contributed by atoms with E-state index in [0.29, 0.717) is 13.2 Å². The van der Waals surface area contributed by atoms with Crippen molar-refractivity contribution in [1.82, 2.24) is 15.0 Å². The maximum absolute atomic E-state index is 5.78. The third-order valence-electron chi connectivity index (χ3n) is 1.69. The van der Waals surface area contributed by atoms with Gasteiger partial charge >= 0.3 is 12.0 Å². The van der Waals surface area contributed by atoms with Crippen LogP contribution in [-0.2, 0) is 0 Å². The van der Waals surface area contributed by atoms with Crippen molar-refractivity contribution >= 4 is 75.3 Å². The summed E-state index contributed by atoms with van der Waals surface area (Å²) < 4.78 is 10.8. The van der Waals surface area contributed by atoms with Crippen molar-refractivity contribution in [3.8, 4) is 12.0 Å². The minimum atomic E-state index is 0.0370. The minimum Gasteiger partial charge on any atom is -0.462 e. The molecule has 0 aromatic carbocycles. The molecule has 10 heteroatoms. The molecule has 108 valence electrons. The van der Waals surface area contributed by atoms with Crippen LogP contribution in [0.5, 0.6) is 12.0 Å². The molecule has 0 amide bonds. The molecule has 5 nitrogen and oxygen atoms in total. The second-order valence-electron chi connectivity index (χ2n) is 3.29. The zero-order valence-corrected chi connectivity index (χ0v) is 16.6. The maximum atomic E-state index is 5.78. The Bertz CT molecular complexity index is 369. The molecule has 1 aromatic heterocycles. The van der Waals surface area contributed by atoms with Crippen molar-refractivity contribution in [2.75, 3.05) is 23.9 Å². The van der Waals surface area contributed by atoms with E-state index in [1.165, 1.54) is 0 Å². The van der Waals surface area contributed by atoms with E-state index in [9.17, 15) is 0 Å². The molecule has 0 aliphatic heterocycles. The van der Waals surface area contributed by atoms with Gasteiger partial charge in [-0.3, -0.25) is 0 Å². The lowest BCUT2D eigenvalue weighted by atomic mass is 10.5. The van der Waals surface area contributed by atoms with Crippen molar-refractivity contribution in [2.45, 2.75) is 9.65 Å². The molecule has 19 heavy (non-hydrogen) atoms. The molecule has 0 fully saturated rings. The number of hydrogen-bond acceptors (Lipinski definition) is 5. The Morgan fingerprint density at radius 3 is 1.68 bits per heavy atom. The minimum absolute atomic E-state index is 0.0370. The summed E-state index contributed by atoms with van der Waals surface area (Å²) in [5, 5.41) is 1.55. The van der Waals surface area contributed by atoms with Gasteiger partial charge < -0.3 is 9.47 Å². The van der Waals surface area contributed by atoms with Crippen molar-refractivity contribution in [3.05, 3.63) is 5.28 Å². The van der Waals surface area contributed by atoms with Crippen LogP contribution in [0.4, 0.5) is 0 Å². The van der Waals surface area contributed by atoms with Gasteiger partial charge in [0.2, 0.25) is 5.28 Å². The second kappa shape index (κ2) is 9.70. The van der Waals surface area contributed by atoms with Crippen LogP contribution >= 0.6 is 75.3 Å². The van der Waals surface area contributed by atoms with Crippen molar-refractivity contribution in [2.24, 2.45) is 0 Å². The maximum Gasteiger partial charge on any atom is 0.323 e. The largest absolute Gasteiger partial charge is 0.462 e. The highest BCUT2D eigenvalue weighted by Gasteiger charge is 2.11. The van der Waals surface area contributed by atoms with E-state index in [0.717, 1.165) is 10.7 Å². The molecule has 0 radical (unpaired) electrons. The number of alkyl halides is 4. The normalized spacial score (nSPS) is 13.9. The second-order valence-corrected chi connectivity index (χ2v) is 7.52. The molecule has 0 spiro atoms. The smallest absolute Gasteiger partial charge is 0.323 e. The van der Waals surface area contributed by atoms with Crippen LogP contribution in [0, 0.1) is 0 Å². The Kier molecular flexibility index (Phi) is 9.12. The highest BCUT2D eigenvalue weighted by atomic mass is 79.9. The molecule has 0 aliphatic carbocycles. The Morgan fingerprint density at radius 1 is 0.895 bits per heavy atom. The van der Waals surface area contributed by atoms with E-state index in [4.69, 9.17) is 21.1 Å². The van der Waals surface area contributed by atoms with E-state index >= 15 is 0 Å². The number of nitrogens with zero attached hydrogens (tertiary/aromatic N) is 3. The fourth-order valence-electron chi connectivity index (χ4n) is 0.863. The van der Waals surface area contributed by atoms with Crippen LogP contribution in [0.3, 0.4) is 0 Å². The molecule has 0 bridgehead atoms. The average molecular weight is 547 g/mol. The van der Waals surface area contributed by atoms with Crippen molar-refractivity contribution in [1.29, 1.82) is 0 Å². The third-order valence-corrected chi connectivity index (χ3v) is 6.33. The quantitative estimate of drug-likeness (QED) is 0.466. The number of hydrogen-bond donors (Lipinski definition) is 0. The zero-order chi connectivity index (χ0) is 14.3. The highest BCUT2D eigenvalue weighted by Crippen LogP contribution is 2.15.